The molecular formula is C19H21N3O4S. The number of nitrogens with zero attached hydrogens (tertiary/aromatic N) is 1. The summed E-state index contributed by atoms with van der Waals surface area (Å²) in [6.07, 6.45) is 0.130. The van der Waals surface area contributed by atoms with Crippen molar-refractivity contribution in [2.45, 2.75) is 19.9 Å². The summed E-state index contributed by atoms with van der Waals surface area (Å²) in [4.78, 5) is 39.4. The van der Waals surface area contributed by atoms with Crippen molar-refractivity contribution in [3.63, 3.8) is 0 Å². The zero-order chi connectivity index (χ0) is 19.6. The topological polar surface area (TPSA) is 87.7 Å². The number of aryl methyl sites for hydroxylation is 1. The number of hydrogen-bond donors (Lipinski definition) is 2. The summed E-state index contributed by atoms with van der Waals surface area (Å²) >= 11 is 1.32. The lowest BCUT2D eigenvalue weighted by atomic mass is 10.0. The minimum absolute atomic E-state index is 0.251. The second-order valence-electron chi connectivity index (χ2n) is 6.25. The van der Waals surface area contributed by atoms with Gasteiger partial charge in [-0.2, -0.15) is 0 Å². The number of carbonyl (C=O) groups is 3. The number of methoxy groups -OCH3 is 1. The largest absolute Gasteiger partial charge is 0.453 e. The number of ether oxygens (including phenoxy) is 1. The Labute approximate surface area is 161 Å². The number of thiophene rings is 1. The molecule has 0 aliphatic carbocycles. The zero-order valence-corrected chi connectivity index (χ0v) is 16.2. The van der Waals surface area contributed by atoms with Crippen LogP contribution >= 0.6 is 11.3 Å². The van der Waals surface area contributed by atoms with Crippen LogP contribution in [0.4, 0.5) is 9.80 Å². The van der Waals surface area contributed by atoms with E-state index in [0.717, 1.165) is 16.0 Å². The van der Waals surface area contributed by atoms with Crippen molar-refractivity contribution in [2.24, 2.45) is 0 Å². The molecule has 0 atom stereocenters. The number of fused-ring (bicyclic) bond motifs is 1. The molecule has 0 fully saturated rings. The fraction of sp³-hybridized carbons (Fsp3) is 0.316. The first kappa shape index (κ1) is 18.9. The molecule has 27 heavy (non-hydrogen) atoms. The molecule has 2 N–H and O–H groups in total. The molecule has 7 nitrogen and oxygen atoms in total. The summed E-state index contributed by atoms with van der Waals surface area (Å²) < 4.78 is 4.79. The first-order valence-electron chi connectivity index (χ1n) is 8.52. The maximum absolute atomic E-state index is 12.6. The molecule has 3 rings (SSSR count). The molecule has 0 radical (unpaired) electrons. The summed E-state index contributed by atoms with van der Waals surface area (Å²) in [6.45, 7) is 2.74. The number of hydrogen-bond acceptors (Lipinski definition) is 5. The molecule has 0 unspecified atom stereocenters. The third-order valence-corrected chi connectivity index (χ3v) is 5.58. The van der Waals surface area contributed by atoms with Gasteiger partial charge in [-0.25, -0.2) is 4.79 Å². The third kappa shape index (κ3) is 3.80. The first-order valence-corrected chi connectivity index (χ1v) is 9.33. The van der Waals surface area contributed by atoms with E-state index >= 15 is 0 Å². The van der Waals surface area contributed by atoms with Gasteiger partial charge in [0.15, 0.2) is 0 Å². The average Bonchev–Trinajstić information content (AvgIpc) is 3.03. The van der Waals surface area contributed by atoms with Gasteiger partial charge < -0.3 is 20.3 Å². The van der Waals surface area contributed by atoms with Gasteiger partial charge in [0.25, 0.3) is 11.8 Å². The molecule has 0 bridgehead atoms. The number of rotatable bonds is 3. The minimum atomic E-state index is -0.402. The minimum Gasteiger partial charge on any atom is -0.453 e. The molecule has 1 aliphatic rings. The SMILES string of the molecule is CNC(=O)c1c(NC(=O)c2cccc(C)c2)sc2c1CCN(C(=O)OC)C2. The Hall–Kier alpha value is -2.87. The van der Waals surface area contributed by atoms with E-state index in [9.17, 15) is 14.4 Å². The summed E-state index contributed by atoms with van der Waals surface area (Å²) in [5, 5.41) is 6.00. The highest BCUT2D eigenvalue weighted by Gasteiger charge is 2.30. The number of benzene rings is 1. The van der Waals surface area contributed by atoms with Crippen LogP contribution in [-0.4, -0.2) is 43.5 Å². The quantitative estimate of drug-likeness (QED) is 0.848. The van der Waals surface area contributed by atoms with Crippen molar-refractivity contribution in [3.8, 4) is 0 Å². The standard InChI is InChI=1S/C19H21N3O4S/c1-11-5-4-6-12(9-11)16(23)21-18-15(17(24)20-2)13-7-8-22(19(25)26-3)10-14(13)27-18/h4-6,9H,7-8,10H2,1-3H3,(H,20,24)(H,21,23). The first-order chi connectivity index (χ1) is 12.9. The molecule has 8 heteroatoms. The predicted octanol–water partition coefficient (Wildman–Crippen LogP) is 2.79. The second kappa shape index (κ2) is 7.79. The summed E-state index contributed by atoms with van der Waals surface area (Å²) in [5.41, 5.74) is 2.86. The molecule has 2 aromatic rings. The molecule has 1 aromatic heterocycles. The molecule has 0 spiro atoms. The lowest BCUT2D eigenvalue weighted by Gasteiger charge is -2.25. The maximum Gasteiger partial charge on any atom is 0.409 e. The number of nitrogens with one attached hydrogen (secondary N) is 2. The molecule has 3 amide bonds. The van der Waals surface area contributed by atoms with Gasteiger partial charge in [0, 0.05) is 24.0 Å². The maximum atomic E-state index is 12.6. The van der Waals surface area contributed by atoms with E-state index in [1.54, 1.807) is 24.1 Å². The fourth-order valence-electron chi connectivity index (χ4n) is 3.10. The van der Waals surface area contributed by atoms with Gasteiger partial charge >= 0.3 is 6.09 Å². The fourth-order valence-corrected chi connectivity index (χ4v) is 4.36. The number of carbonyl (C=O) groups excluding carboxylic acids is 3. The van der Waals surface area contributed by atoms with Crippen LogP contribution in [0.25, 0.3) is 0 Å². The number of amides is 3. The normalized spacial score (nSPS) is 12.9. The van der Waals surface area contributed by atoms with E-state index in [2.05, 4.69) is 10.6 Å². The van der Waals surface area contributed by atoms with Gasteiger partial charge in [-0.3, -0.25) is 9.59 Å². The zero-order valence-electron chi connectivity index (χ0n) is 15.4. The van der Waals surface area contributed by atoms with Crippen LogP contribution in [0.15, 0.2) is 24.3 Å². The van der Waals surface area contributed by atoms with Gasteiger partial charge in [-0.1, -0.05) is 17.7 Å². The smallest absolute Gasteiger partial charge is 0.409 e. The van der Waals surface area contributed by atoms with Gasteiger partial charge in [0.05, 0.1) is 19.2 Å². The molecule has 1 aromatic carbocycles. The Morgan fingerprint density at radius 1 is 1.22 bits per heavy atom. The van der Waals surface area contributed by atoms with Crippen molar-refractivity contribution >= 4 is 34.2 Å². The van der Waals surface area contributed by atoms with E-state index < -0.39 is 6.09 Å². The van der Waals surface area contributed by atoms with Crippen molar-refractivity contribution in [1.82, 2.24) is 10.2 Å². The molecule has 1 aliphatic heterocycles. The number of anilines is 1. The Morgan fingerprint density at radius 2 is 2.00 bits per heavy atom. The van der Waals surface area contributed by atoms with Crippen LogP contribution < -0.4 is 10.6 Å². The molecule has 0 saturated heterocycles. The van der Waals surface area contributed by atoms with Gasteiger partial charge in [-0.15, -0.1) is 11.3 Å². The van der Waals surface area contributed by atoms with E-state index in [-0.39, 0.29) is 11.8 Å². The van der Waals surface area contributed by atoms with Crippen LogP contribution in [0.2, 0.25) is 0 Å². The average molecular weight is 387 g/mol. The lowest BCUT2D eigenvalue weighted by Crippen LogP contribution is -2.35. The molecule has 0 saturated carbocycles. The van der Waals surface area contributed by atoms with Crippen LogP contribution in [0.1, 0.15) is 36.7 Å². The van der Waals surface area contributed by atoms with E-state index in [1.165, 1.54) is 18.4 Å². The van der Waals surface area contributed by atoms with Crippen molar-refractivity contribution in [1.29, 1.82) is 0 Å². The Balaban J connectivity index is 1.93. The highest BCUT2D eigenvalue weighted by atomic mass is 32.1. The van der Waals surface area contributed by atoms with Crippen LogP contribution in [0.5, 0.6) is 0 Å². The van der Waals surface area contributed by atoms with E-state index in [4.69, 9.17) is 4.74 Å². The summed E-state index contributed by atoms with van der Waals surface area (Å²) in [6, 6.07) is 7.26. The van der Waals surface area contributed by atoms with Gasteiger partial charge in [0.1, 0.15) is 5.00 Å². The van der Waals surface area contributed by atoms with E-state index in [0.29, 0.717) is 35.6 Å². The van der Waals surface area contributed by atoms with Crippen LogP contribution in [-0.2, 0) is 17.7 Å². The van der Waals surface area contributed by atoms with Gasteiger partial charge in [0.2, 0.25) is 0 Å². The lowest BCUT2D eigenvalue weighted by molar-refractivity contribution is 0.0962. The van der Waals surface area contributed by atoms with Crippen molar-refractivity contribution in [3.05, 3.63) is 51.4 Å². The van der Waals surface area contributed by atoms with Crippen molar-refractivity contribution < 1.29 is 19.1 Å². The molecule has 142 valence electrons. The summed E-state index contributed by atoms with van der Waals surface area (Å²) in [5.74, 6) is -0.522. The van der Waals surface area contributed by atoms with Crippen molar-refractivity contribution in [2.75, 3.05) is 26.0 Å². The Bertz CT molecular complexity index is 906. The second-order valence-corrected chi connectivity index (χ2v) is 7.36. The highest BCUT2D eigenvalue weighted by Crippen LogP contribution is 2.37. The van der Waals surface area contributed by atoms with Crippen LogP contribution in [0, 0.1) is 6.92 Å². The van der Waals surface area contributed by atoms with Crippen LogP contribution in [0.3, 0.4) is 0 Å². The monoisotopic (exact) mass is 387 g/mol. The van der Waals surface area contributed by atoms with E-state index in [1.807, 2.05) is 19.1 Å². The Morgan fingerprint density at radius 3 is 2.67 bits per heavy atom. The predicted molar refractivity (Wildman–Crippen MR) is 103 cm³/mol. The third-order valence-electron chi connectivity index (χ3n) is 4.45. The Kier molecular flexibility index (Phi) is 5.46. The molecular weight excluding hydrogens is 366 g/mol. The summed E-state index contributed by atoms with van der Waals surface area (Å²) in [7, 11) is 2.90. The molecule has 2 heterocycles. The highest BCUT2D eigenvalue weighted by molar-refractivity contribution is 7.17. The van der Waals surface area contributed by atoms with Gasteiger partial charge in [-0.05, 0) is 31.0 Å².